The summed E-state index contributed by atoms with van der Waals surface area (Å²) in [6, 6.07) is 0.314. The third kappa shape index (κ3) is 4.22. The Kier molecular flexibility index (Phi) is 6.78. The SMILES string of the molecule is CNC(C)Cc1noc(CCc2c(C)nc3c(c(OC)nn3C)c2C)n1.Cl. The fourth-order valence-corrected chi connectivity index (χ4v) is 3.19. The fraction of sp³-hybridized carbons (Fsp3) is 0.556. The van der Waals surface area contributed by atoms with Crippen molar-refractivity contribution in [1.29, 1.82) is 0 Å². The highest BCUT2D eigenvalue weighted by atomic mass is 35.5. The summed E-state index contributed by atoms with van der Waals surface area (Å²) in [4.78, 5) is 9.21. The molecule has 0 bridgehead atoms. The minimum absolute atomic E-state index is 0. The average Bonchev–Trinajstić information content (AvgIpc) is 3.19. The minimum Gasteiger partial charge on any atom is -0.479 e. The quantitative estimate of drug-likeness (QED) is 0.657. The summed E-state index contributed by atoms with van der Waals surface area (Å²) in [5.74, 6) is 1.99. The van der Waals surface area contributed by atoms with E-state index in [0.717, 1.165) is 41.0 Å². The lowest BCUT2D eigenvalue weighted by Gasteiger charge is -2.10. The number of hydrogen-bond acceptors (Lipinski definition) is 7. The van der Waals surface area contributed by atoms with Crippen molar-refractivity contribution in [2.45, 2.75) is 46.1 Å². The van der Waals surface area contributed by atoms with E-state index in [4.69, 9.17) is 14.2 Å². The van der Waals surface area contributed by atoms with Crippen LogP contribution in [-0.4, -0.2) is 45.1 Å². The van der Waals surface area contributed by atoms with Gasteiger partial charge in [-0.15, -0.1) is 17.5 Å². The van der Waals surface area contributed by atoms with Crippen LogP contribution in [0, 0.1) is 13.8 Å². The molecule has 27 heavy (non-hydrogen) atoms. The summed E-state index contributed by atoms with van der Waals surface area (Å²) in [5, 5.41) is 12.6. The molecule has 3 rings (SSSR count). The first kappa shape index (κ1) is 21.1. The molecule has 0 aromatic carbocycles. The van der Waals surface area contributed by atoms with Gasteiger partial charge >= 0.3 is 0 Å². The van der Waals surface area contributed by atoms with Crippen LogP contribution in [0.25, 0.3) is 11.0 Å². The maximum absolute atomic E-state index is 5.42. The van der Waals surface area contributed by atoms with Crippen molar-refractivity contribution < 1.29 is 9.26 Å². The van der Waals surface area contributed by atoms with Crippen molar-refractivity contribution >= 4 is 23.4 Å². The lowest BCUT2D eigenvalue weighted by atomic mass is 10.0. The van der Waals surface area contributed by atoms with Crippen LogP contribution >= 0.6 is 12.4 Å². The topological polar surface area (TPSA) is 90.9 Å². The monoisotopic (exact) mass is 394 g/mol. The van der Waals surface area contributed by atoms with E-state index in [-0.39, 0.29) is 12.4 Å². The number of nitrogens with zero attached hydrogens (tertiary/aromatic N) is 5. The first-order valence-corrected chi connectivity index (χ1v) is 8.80. The van der Waals surface area contributed by atoms with Gasteiger partial charge in [-0.25, -0.2) is 9.67 Å². The van der Waals surface area contributed by atoms with E-state index in [2.05, 4.69) is 34.4 Å². The number of aryl methyl sites for hydroxylation is 4. The molecule has 0 fully saturated rings. The molecule has 3 heterocycles. The Labute approximate surface area is 165 Å². The standard InChI is InChI=1S/C18H26N6O2.ClH/c1-10(19-4)9-14-21-15(26-23-14)8-7-13-11(2)16-17(20-12(13)3)24(5)22-18(16)25-6;/h10,19H,7-9H2,1-6H3;1H. The van der Waals surface area contributed by atoms with E-state index in [1.807, 2.05) is 21.0 Å². The van der Waals surface area contributed by atoms with E-state index < -0.39 is 0 Å². The maximum atomic E-state index is 5.42. The van der Waals surface area contributed by atoms with E-state index in [0.29, 0.717) is 24.2 Å². The largest absolute Gasteiger partial charge is 0.479 e. The zero-order valence-corrected chi connectivity index (χ0v) is 17.5. The summed E-state index contributed by atoms with van der Waals surface area (Å²) >= 11 is 0. The molecule has 0 aliphatic rings. The molecular weight excluding hydrogens is 368 g/mol. The minimum atomic E-state index is 0. The molecule has 0 radical (unpaired) electrons. The second-order valence-corrected chi connectivity index (χ2v) is 6.63. The summed E-state index contributed by atoms with van der Waals surface area (Å²) in [6.07, 6.45) is 2.21. The molecule has 0 amide bonds. The van der Waals surface area contributed by atoms with Crippen LogP contribution < -0.4 is 10.1 Å². The second-order valence-electron chi connectivity index (χ2n) is 6.63. The molecule has 9 heteroatoms. The summed E-state index contributed by atoms with van der Waals surface area (Å²) in [7, 11) is 5.43. The van der Waals surface area contributed by atoms with E-state index in [1.54, 1.807) is 11.8 Å². The van der Waals surface area contributed by atoms with Crippen LogP contribution in [0.4, 0.5) is 0 Å². The number of methoxy groups -OCH3 is 1. The van der Waals surface area contributed by atoms with Gasteiger partial charge in [0.2, 0.25) is 11.8 Å². The van der Waals surface area contributed by atoms with Gasteiger partial charge in [-0.05, 0) is 45.4 Å². The Morgan fingerprint density at radius 2 is 1.96 bits per heavy atom. The number of rotatable bonds is 7. The van der Waals surface area contributed by atoms with Crippen molar-refractivity contribution in [2.75, 3.05) is 14.2 Å². The van der Waals surface area contributed by atoms with Gasteiger partial charge in [-0.1, -0.05) is 5.16 Å². The lowest BCUT2D eigenvalue weighted by Crippen LogP contribution is -2.24. The highest BCUT2D eigenvalue weighted by Crippen LogP contribution is 2.30. The van der Waals surface area contributed by atoms with Gasteiger partial charge in [-0.3, -0.25) is 0 Å². The molecule has 3 aromatic heterocycles. The Morgan fingerprint density at radius 3 is 2.63 bits per heavy atom. The molecule has 0 spiro atoms. The molecule has 0 aliphatic heterocycles. The van der Waals surface area contributed by atoms with Gasteiger partial charge in [0.15, 0.2) is 11.5 Å². The molecule has 148 valence electrons. The van der Waals surface area contributed by atoms with E-state index >= 15 is 0 Å². The highest BCUT2D eigenvalue weighted by Gasteiger charge is 2.18. The van der Waals surface area contributed by atoms with Crippen LogP contribution in [-0.2, 0) is 26.3 Å². The predicted molar refractivity (Wildman–Crippen MR) is 106 cm³/mol. The average molecular weight is 395 g/mol. The van der Waals surface area contributed by atoms with E-state index in [9.17, 15) is 0 Å². The first-order chi connectivity index (χ1) is 12.4. The number of hydrogen-bond donors (Lipinski definition) is 1. The Hall–Kier alpha value is -2.19. The number of ether oxygens (including phenoxy) is 1. The van der Waals surface area contributed by atoms with Crippen LogP contribution in [0.15, 0.2) is 4.52 Å². The van der Waals surface area contributed by atoms with Crippen LogP contribution in [0.1, 0.15) is 35.5 Å². The van der Waals surface area contributed by atoms with Crippen LogP contribution in [0.2, 0.25) is 0 Å². The zero-order chi connectivity index (χ0) is 18.8. The third-order valence-corrected chi connectivity index (χ3v) is 4.80. The Bertz CT molecular complexity index is 920. The zero-order valence-electron chi connectivity index (χ0n) is 16.7. The Balaban J connectivity index is 0.00000261. The van der Waals surface area contributed by atoms with Crippen molar-refractivity contribution in [3.8, 4) is 5.88 Å². The maximum Gasteiger partial charge on any atom is 0.242 e. The number of halogens is 1. The van der Waals surface area contributed by atoms with Crippen LogP contribution in [0.5, 0.6) is 5.88 Å². The van der Waals surface area contributed by atoms with E-state index in [1.165, 1.54) is 5.56 Å². The van der Waals surface area contributed by atoms with Gasteiger partial charge in [0.1, 0.15) is 0 Å². The first-order valence-electron chi connectivity index (χ1n) is 8.80. The molecule has 8 nitrogen and oxygen atoms in total. The summed E-state index contributed by atoms with van der Waals surface area (Å²) in [6.45, 7) is 6.20. The van der Waals surface area contributed by atoms with Crippen molar-refractivity contribution in [3.05, 3.63) is 28.5 Å². The number of aromatic nitrogens is 5. The molecule has 1 atom stereocenters. The van der Waals surface area contributed by atoms with Gasteiger partial charge < -0.3 is 14.6 Å². The molecule has 1 unspecified atom stereocenters. The number of likely N-dealkylation sites (N-methyl/N-ethyl adjacent to an activating group) is 1. The third-order valence-electron chi connectivity index (χ3n) is 4.80. The lowest BCUT2D eigenvalue weighted by molar-refractivity contribution is 0.371. The van der Waals surface area contributed by atoms with Gasteiger partial charge in [0.05, 0.1) is 12.5 Å². The van der Waals surface area contributed by atoms with Gasteiger partial charge in [-0.2, -0.15) is 4.98 Å². The number of fused-ring (bicyclic) bond motifs is 1. The molecule has 0 aliphatic carbocycles. The van der Waals surface area contributed by atoms with Crippen molar-refractivity contribution in [2.24, 2.45) is 7.05 Å². The molecule has 0 saturated carbocycles. The fourth-order valence-electron chi connectivity index (χ4n) is 3.19. The highest BCUT2D eigenvalue weighted by molar-refractivity contribution is 5.86. The second kappa shape index (κ2) is 8.67. The van der Waals surface area contributed by atoms with Crippen molar-refractivity contribution in [3.63, 3.8) is 0 Å². The normalized spacial score (nSPS) is 12.2. The number of nitrogens with one attached hydrogen (secondary N) is 1. The molecule has 1 N–H and O–H groups in total. The van der Waals surface area contributed by atoms with Gasteiger partial charge in [0, 0.05) is 31.6 Å². The van der Waals surface area contributed by atoms with Crippen LogP contribution in [0.3, 0.4) is 0 Å². The predicted octanol–water partition coefficient (Wildman–Crippen LogP) is 2.33. The molecular formula is C18H27ClN6O2. The number of pyridine rings is 1. The Morgan fingerprint density at radius 1 is 1.22 bits per heavy atom. The summed E-state index contributed by atoms with van der Waals surface area (Å²) in [5.41, 5.74) is 4.14. The molecule has 0 saturated heterocycles. The van der Waals surface area contributed by atoms with Gasteiger partial charge in [0.25, 0.3) is 0 Å². The van der Waals surface area contributed by atoms with Crippen molar-refractivity contribution in [1.82, 2.24) is 30.2 Å². The molecule has 3 aromatic rings. The summed E-state index contributed by atoms with van der Waals surface area (Å²) < 4.78 is 12.6. The smallest absolute Gasteiger partial charge is 0.242 e.